The third-order valence-electron chi connectivity index (χ3n) is 4.93. The molecule has 4 rings (SSSR count). The molecule has 150 valence electrons. The van der Waals surface area contributed by atoms with Crippen molar-refractivity contribution >= 4 is 34.9 Å². The van der Waals surface area contributed by atoms with Gasteiger partial charge in [0.25, 0.3) is 0 Å². The highest BCUT2D eigenvalue weighted by molar-refractivity contribution is 5.64. The largest absolute Gasteiger partial charge is 0.313 e. The number of nitrogens with zero attached hydrogens (tertiary/aromatic N) is 6. The summed E-state index contributed by atoms with van der Waals surface area (Å²) in [4.78, 5) is 20.2. The molecule has 0 amide bonds. The summed E-state index contributed by atoms with van der Waals surface area (Å²) in [5.41, 5.74) is 3.01. The van der Waals surface area contributed by atoms with E-state index in [9.17, 15) is 0 Å². The number of para-hydroxylation sites is 3. The summed E-state index contributed by atoms with van der Waals surface area (Å²) in [7, 11) is 5.88. The van der Waals surface area contributed by atoms with Crippen molar-refractivity contribution in [2.45, 2.75) is 0 Å². The molecule has 0 N–H and O–H groups in total. The molecule has 0 fully saturated rings. The van der Waals surface area contributed by atoms with Crippen LogP contribution in [0, 0.1) is 0 Å². The van der Waals surface area contributed by atoms with Crippen LogP contribution in [0.25, 0.3) is 0 Å². The molecule has 0 bridgehead atoms. The zero-order chi connectivity index (χ0) is 20.9. The first-order valence-corrected chi connectivity index (χ1v) is 9.76. The Morgan fingerprint density at radius 2 is 0.633 bits per heavy atom. The Morgan fingerprint density at radius 1 is 0.400 bits per heavy atom. The number of hydrogen-bond acceptors (Lipinski definition) is 6. The van der Waals surface area contributed by atoms with E-state index in [2.05, 4.69) is 0 Å². The molecule has 0 radical (unpaired) electrons. The maximum atomic E-state index is 4.77. The monoisotopic (exact) mass is 396 g/mol. The molecule has 30 heavy (non-hydrogen) atoms. The van der Waals surface area contributed by atoms with Gasteiger partial charge in [-0.25, -0.2) is 0 Å². The Balaban J connectivity index is 1.79. The quantitative estimate of drug-likeness (QED) is 0.448. The van der Waals surface area contributed by atoms with E-state index < -0.39 is 0 Å². The molecule has 0 saturated heterocycles. The molecule has 0 aliphatic rings. The van der Waals surface area contributed by atoms with Crippen molar-refractivity contribution in [1.82, 2.24) is 15.0 Å². The van der Waals surface area contributed by atoms with Crippen molar-refractivity contribution in [3.63, 3.8) is 0 Å². The van der Waals surface area contributed by atoms with Crippen LogP contribution in [0.3, 0.4) is 0 Å². The van der Waals surface area contributed by atoms with Gasteiger partial charge in [-0.05, 0) is 36.4 Å². The molecule has 0 unspecified atom stereocenters. The molecule has 6 heteroatoms. The van der Waals surface area contributed by atoms with Gasteiger partial charge >= 0.3 is 0 Å². The summed E-state index contributed by atoms with van der Waals surface area (Å²) in [5.74, 6) is 1.73. The molecule has 0 saturated carbocycles. The predicted octanol–water partition coefficient (Wildman–Crippen LogP) is 5.18. The lowest BCUT2D eigenvalue weighted by atomic mass is 10.3. The number of hydrogen-bond donors (Lipinski definition) is 0. The summed E-state index contributed by atoms with van der Waals surface area (Å²) < 4.78 is 0. The van der Waals surface area contributed by atoms with E-state index in [0.29, 0.717) is 17.8 Å². The number of anilines is 6. The maximum Gasteiger partial charge on any atom is 0.236 e. The van der Waals surface area contributed by atoms with Gasteiger partial charge in [0.1, 0.15) is 0 Å². The predicted molar refractivity (Wildman–Crippen MR) is 123 cm³/mol. The molecule has 3 aromatic carbocycles. The second-order valence-electron chi connectivity index (χ2n) is 6.92. The van der Waals surface area contributed by atoms with E-state index in [1.54, 1.807) is 0 Å². The van der Waals surface area contributed by atoms with E-state index >= 15 is 0 Å². The van der Waals surface area contributed by atoms with E-state index in [1.165, 1.54) is 0 Å². The van der Waals surface area contributed by atoms with E-state index in [-0.39, 0.29) is 0 Å². The van der Waals surface area contributed by atoms with Crippen LogP contribution < -0.4 is 14.7 Å². The molecule has 0 atom stereocenters. The van der Waals surface area contributed by atoms with Crippen molar-refractivity contribution < 1.29 is 0 Å². The molecule has 4 aromatic rings. The smallest absolute Gasteiger partial charge is 0.236 e. The van der Waals surface area contributed by atoms with E-state index in [1.807, 2.05) is 127 Å². The van der Waals surface area contributed by atoms with Gasteiger partial charge in [-0.15, -0.1) is 0 Å². The topological polar surface area (TPSA) is 48.4 Å². The Hall–Kier alpha value is -3.93. The van der Waals surface area contributed by atoms with Gasteiger partial charge in [0.2, 0.25) is 17.8 Å². The second-order valence-corrected chi connectivity index (χ2v) is 6.92. The van der Waals surface area contributed by atoms with Gasteiger partial charge in [-0.3, -0.25) is 0 Å². The minimum atomic E-state index is 0.576. The molecule has 0 aliphatic heterocycles. The lowest BCUT2D eigenvalue weighted by Crippen LogP contribution is -2.22. The van der Waals surface area contributed by atoms with Gasteiger partial charge in [-0.2, -0.15) is 15.0 Å². The summed E-state index contributed by atoms with van der Waals surface area (Å²) in [5, 5.41) is 0. The van der Waals surface area contributed by atoms with Crippen molar-refractivity contribution in [3.8, 4) is 0 Å². The van der Waals surface area contributed by atoms with Gasteiger partial charge in [0.05, 0.1) is 0 Å². The van der Waals surface area contributed by atoms with Crippen LogP contribution in [0.2, 0.25) is 0 Å². The van der Waals surface area contributed by atoms with Crippen LogP contribution in [0.1, 0.15) is 0 Å². The minimum absolute atomic E-state index is 0.576. The first-order valence-electron chi connectivity index (χ1n) is 9.76. The molecule has 0 spiro atoms. The van der Waals surface area contributed by atoms with Gasteiger partial charge < -0.3 is 14.7 Å². The van der Waals surface area contributed by atoms with Crippen LogP contribution in [-0.2, 0) is 0 Å². The molecular weight excluding hydrogens is 372 g/mol. The zero-order valence-electron chi connectivity index (χ0n) is 17.3. The van der Waals surface area contributed by atoms with Gasteiger partial charge in [-0.1, -0.05) is 54.6 Å². The summed E-state index contributed by atoms with van der Waals surface area (Å²) >= 11 is 0. The average molecular weight is 396 g/mol. The highest BCUT2D eigenvalue weighted by Crippen LogP contribution is 2.28. The van der Waals surface area contributed by atoms with Crippen molar-refractivity contribution in [2.75, 3.05) is 35.8 Å². The Morgan fingerprint density at radius 3 is 0.867 bits per heavy atom. The fourth-order valence-corrected chi connectivity index (χ4v) is 3.09. The van der Waals surface area contributed by atoms with Crippen molar-refractivity contribution in [2.24, 2.45) is 0 Å². The Bertz CT molecular complexity index is 933. The summed E-state index contributed by atoms with van der Waals surface area (Å²) in [6.45, 7) is 0. The summed E-state index contributed by atoms with van der Waals surface area (Å²) in [6.07, 6.45) is 0. The zero-order valence-corrected chi connectivity index (χ0v) is 17.3. The molecular formula is C24H24N6. The third-order valence-corrected chi connectivity index (χ3v) is 4.93. The van der Waals surface area contributed by atoms with Crippen LogP contribution in [-0.4, -0.2) is 36.1 Å². The maximum absolute atomic E-state index is 4.77. The normalized spacial score (nSPS) is 10.5. The average Bonchev–Trinajstić information content (AvgIpc) is 2.84. The van der Waals surface area contributed by atoms with Crippen LogP contribution in [0.5, 0.6) is 0 Å². The summed E-state index contributed by atoms with van der Waals surface area (Å²) in [6, 6.07) is 30.2. The fraction of sp³-hybridized carbons (Fsp3) is 0.125. The molecule has 6 nitrogen and oxygen atoms in total. The number of benzene rings is 3. The lowest BCUT2D eigenvalue weighted by molar-refractivity contribution is 0.926. The standard InChI is InChI=1S/C24H24N6/c1-28(19-13-7-4-8-14-19)22-25-23(29(2)20-15-9-5-10-16-20)27-24(26-22)30(3)21-17-11-6-12-18-21/h4-18H,1-3H3. The van der Waals surface area contributed by atoms with E-state index in [4.69, 9.17) is 15.0 Å². The van der Waals surface area contributed by atoms with Gasteiger partial charge in [0, 0.05) is 38.2 Å². The SMILES string of the molecule is CN(c1ccccc1)c1nc(N(C)c2ccccc2)nc(N(C)c2ccccc2)n1. The van der Waals surface area contributed by atoms with E-state index in [0.717, 1.165) is 17.1 Å². The van der Waals surface area contributed by atoms with Crippen LogP contribution >= 0.6 is 0 Å². The minimum Gasteiger partial charge on any atom is -0.313 e. The third kappa shape index (κ3) is 4.07. The van der Waals surface area contributed by atoms with Crippen molar-refractivity contribution in [1.29, 1.82) is 0 Å². The number of aromatic nitrogens is 3. The highest BCUT2D eigenvalue weighted by atomic mass is 15.4. The first-order chi connectivity index (χ1) is 14.6. The molecule has 1 aromatic heterocycles. The Labute approximate surface area is 177 Å². The molecule has 0 aliphatic carbocycles. The Kier molecular flexibility index (Phi) is 5.57. The second kappa shape index (κ2) is 8.61. The highest BCUT2D eigenvalue weighted by Gasteiger charge is 2.18. The lowest BCUT2D eigenvalue weighted by Gasteiger charge is -2.24. The fourth-order valence-electron chi connectivity index (χ4n) is 3.09. The van der Waals surface area contributed by atoms with Crippen LogP contribution in [0.15, 0.2) is 91.0 Å². The number of rotatable bonds is 6. The van der Waals surface area contributed by atoms with Gasteiger partial charge in [0.15, 0.2) is 0 Å². The molecule has 1 heterocycles. The first kappa shape index (κ1) is 19.4. The van der Waals surface area contributed by atoms with Crippen LogP contribution in [0.4, 0.5) is 34.9 Å². The van der Waals surface area contributed by atoms with Crippen molar-refractivity contribution in [3.05, 3.63) is 91.0 Å².